The van der Waals surface area contributed by atoms with Gasteiger partial charge >= 0.3 is 5.97 Å². The fourth-order valence-corrected chi connectivity index (χ4v) is 2.87. The minimum Gasteiger partial charge on any atom is -0.455 e. The molecule has 0 bridgehead atoms. The van der Waals surface area contributed by atoms with E-state index in [2.05, 4.69) is 5.32 Å². The number of carbonyl (C=O) groups is 3. The second-order valence-electron chi connectivity index (χ2n) is 6.32. The number of anilines is 1. The average Bonchev–Trinajstić information content (AvgIpc) is 3.03. The second-order valence-corrected chi connectivity index (χ2v) is 6.32. The molecule has 1 saturated heterocycles. The van der Waals surface area contributed by atoms with Gasteiger partial charge in [0.15, 0.2) is 6.61 Å². The van der Waals surface area contributed by atoms with E-state index in [0.717, 1.165) is 5.56 Å². The predicted octanol–water partition coefficient (Wildman–Crippen LogP) is 2.36. The average molecular weight is 370 g/mol. The summed E-state index contributed by atoms with van der Waals surface area (Å²) in [7, 11) is 0. The molecule has 0 aromatic heterocycles. The number of amides is 2. The maximum Gasteiger partial charge on any atom is 0.311 e. The molecule has 1 aliphatic heterocycles. The van der Waals surface area contributed by atoms with Gasteiger partial charge in [0.2, 0.25) is 5.91 Å². The summed E-state index contributed by atoms with van der Waals surface area (Å²) in [5.74, 6) is -2.21. The zero-order valence-corrected chi connectivity index (χ0v) is 14.6. The molecule has 0 spiro atoms. The van der Waals surface area contributed by atoms with Crippen LogP contribution in [0.15, 0.2) is 54.6 Å². The van der Waals surface area contributed by atoms with Crippen LogP contribution >= 0.6 is 0 Å². The number of likely N-dealkylation sites (tertiary alicyclic amines) is 1. The Morgan fingerprint density at radius 2 is 1.81 bits per heavy atom. The van der Waals surface area contributed by atoms with Crippen LogP contribution in [0.25, 0.3) is 0 Å². The van der Waals surface area contributed by atoms with E-state index < -0.39 is 30.2 Å². The molecular weight excluding hydrogens is 351 g/mol. The van der Waals surface area contributed by atoms with E-state index in [1.54, 1.807) is 4.90 Å². The number of nitrogens with zero attached hydrogens (tertiary/aromatic N) is 1. The van der Waals surface area contributed by atoms with E-state index in [1.807, 2.05) is 30.3 Å². The summed E-state index contributed by atoms with van der Waals surface area (Å²) in [6.45, 7) is 0.250. The highest BCUT2D eigenvalue weighted by Crippen LogP contribution is 2.21. The van der Waals surface area contributed by atoms with Crippen molar-refractivity contribution in [1.82, 2.24) is 4.90 Å². The Morgan fingerprint density at radius 1 is 1.11 bits per heavy atom. The third kappa shape index (κ3) is 5.13. The third-order valence-electron chi connectivity index (χ3n) is 4.24. The van der Waals surface area contributed by atoms with E-state index in [1.165, 1.54) is 24.3 Å². The molecule has 140 valence electrons. The molecule has 1 atom stereocenters. The molecule has 1 heterocycles. The molecule has 2 aromatic rings. The molecule has 3 rings (SSSR count). The fourth-order valence-electron chi connectivity index (χ4n) is 2.87. The van der Waals surface area contributed by atoms with Gasteiger partial charge in [-0.05, 0) is 29.8 Å². The SMILES string of the molecule is O=C(COC(=O)C1CC(=O)N(Cc2ccccc2)C1)Nc1ccc(F)cc1. The molecule has 0 saturated carbocycles. The Hall–Kier alpha value is -3.22. The van der Waals surface area contributed by atoms with E-state index in [9.17, 15) is 18.8 Å². The van der Waals surface area contributed by atoms with Gasteiger partial charge < -0.3 is 15.0 Å². The van der Waals surface area contributed by atoms with Crippen LogP contribution in [-0.2, 0) is 25.7 Å². The number of esters is 1. The van der Waals surface area contributed by atoms with Gasteiger partial charge in [0, 0.05) is 25.2 Å². The molecule has 0 radical (unpaired) electrons. The van der Waals surface area contributed by atoms with Gasteiger partial charge in [-0.25, -0.2) is 4.39 Å². The number of rotatable bonds is 6. The smallest absolute Gasteiger partial charge is 0.311 e. The molecule has 7 heteroatoms. The molecule has 0 aliphatic carbocycles. The highest BCUT2D eigenvalue weighted by molar-refractivity contribution is 5.93. The highest BCUT2D eigenvalue weighted by atomic mass is 19.1. The largest absolute Gasteiger partial charge is 0.455 e. The van der Waals surface area contributed by atoms with Crippen LogP contribution in [0.5, 0.6) is 0 Å². The monoisotopic (exact) mass is 370 g/mol. The van der Waals surface area contributed by atoms with Crippen molar-refractivity contribution < 1.29 is 23.5 Å². The van der Waals surface area contributed by atoms with Crippen molar-refractivity contribution in [2.75, 3.05) is 18.5 Å². The van der Waals surface area contributed by atoms with Gasteiger partial charge in [-0.3, -0.25) is 14.4 Å². The van der Waals surface area contributed by atoms with Gasteiger partial charge in [0.25, 0.3) is 5.91 Å². The molecular formula is C20H19FN2O4. The number of hydrogen-bond acceptors (Lipinski definition) is 4. The minimum absolute atomic E-state index is 0.0747. The first-order chi connectivity index (χ1) is 13.0. The summed E-state index contributed by atoms with van der Waals surface area (Å²) in [6.07, 6.45) is 0.0747. The number of carbonyl (C=O) groups excluding carboxylic acids is 3. The summed E-state index contributed by atoms with van der Waals surface area (Å²) < 4.78 is 17.9. The minimum atomic E-state index is -0.583. The first-order valence-corrected chi connectivity index (χ1v) is 8.55. The number of nitrogens with one attached hydrogen (secondary N) is 1. The lowest BCUT2D eigenvalue weighted by atomic mass is 10.1. The lowest BCUT2D eigenvalue weighted by Crippen LogP contribution is -2.28. The quantitative estimate of drug-likeness (QED) is 0.792. The van der Waals surface area contributed by atoms with Gasteiger partial charge in [0.05, 0.1) is 5.92 Å². The number of ether oxygens (including phenoxy) is 1. The summed E-state index contributed by atoms with van der Waals surface area (Å²) in [6, 6.07) is 14.8. The molecule has 2 aromatic carbocycles. The molecule has 27 heavy (non-hydrogen) atoms. The molecule has 2 amide bonds. The summed E-state index contributed by atoms with van der Waals surface area (Å²) >= 11 is 0. The van der Waals surface area contributed by atoms with Crippen molar-refractivity contribution in [3.8, 4) is 0 Å². The van der Waals surface area contributed by atoms with Crippen LogP contribution in [-0.4, -0.2) is 35.8 Å². The lowest BCUT2D eigenvalue weighted by molar-refractivity contribution is -0.151. The first kappa shape index (κ1) is 18.6. The second kappa shape index (κ2) is 8.44. The van der Waals surface area contributed by atoms with Crippen LogP contribution in [0.1, 0.15) is 12.0 Å². The van der Waals surface area contributed by atoms with Crippen LogP contribution in [0.2, 0.25) is 0 Å². The molecule has 1 aliphatic rings. The van der Waals surface area contributed by atoms with Crippen LogP contribution in [0, 0.1) is 11.7 Å². The maximum absolute atomic E-state index is 12.8. The molecule has 1 unspecified atom stereocenters. The van der Waals surface area contributed by atoms with Crippen molar-refractivity contribution in [3.05, 3.63) is 66.0 Å². The zero-order valence-electron chi connectivity index (χ0n) is 14.6. The third-order valence-corrected chi connectivity index (χ3v) is 4.24. The van der Waals surface area contributed by atoms with Crippen molar-refractivity contribution in [2.45, 2.75) is 13.0 Å². The zero-order chi connectivity index (χ0) is 19.2. The molecule has 6 nitrogen and oxygen atoms in total. The van der Waals surface area contributed by atoms with Crippen molar-refractivity contribution in [3.63, 3.8) is 0 Å². The Morgan fingerprint density at radius 3 is 2.52 bits per heavy atom. The van der Waals surface area contributed by atoms with Gasteiger partial charge in [0.1, 0.15) is 5.82 Å². The maximum atomic E-state index is 12.8. The lowest BCUT2D eigenvalue weighted by Gasteiger charge is -2.16. The fraction of sp³-hybridized carbons (Fsp3) is 0.250. The van der Waals surface area contributed by atoms with E-state index in [4.69, 9.17) is 4.74 Å². The Labute approximate surface area is 155 Å². The Kier molecular flexibility index (Phi) is 5.80. The summed E-state index contributed by atoms with van der Waals surface area (Å²) in [5, 5.41) is 2.51. The normalized spacial score (nSPS) is 16.3. The van der Waals surface area contributed by atoms with E-state index >= 15 is 0 Å². The topological polar surface area (TPSA) is 75.7 Å². The number of halogens is 1. The predicted molar refractivity (Wildman–Crippen MR) is 96.0 cm³/mol. The van der Waals surface area contributed by atoms with Crippen LogP contribution in [0.3, 0.4) is 0 Å². The molecule has 1 N–H and O–H groups in total. The summed E-state index contributed by atoms with van der Waals surface area (Å²) in [4.78, 5) is 37.7. The van der Waals surface area contributed by atoms with Crippen LogP contribution in [0.4, 0.5) is 10.1 Å². The van der Waals surface area contributed by atoms with E-state index in [-0.39, 0.29) is 18.9 Å². The first-order valence-electron chi connectivity index (χ1n) is 8.55. The standard InChI is InChI=1S/C20H19FN2O4/c21-16-6-8-17(9-7-16)22-18(24)13-27-20(26)15-10-19(25)23(12-15)11-14-4-2-1-3-5-14/h1-9,15H,10-13H2,(H,22,24). The van der Waals surface area contributed by atoms with Gasteiger partial charge in [-0.1, -0.05) is 30.3 Å². The van der Waals surface area contributed by atoms with Crippen LogP contribution < -0.4 is 5.32 Å². The molecule has 1 fully saturated rings. The Bertz CT molecular complexity index is 824. The van der Waals surface area contributed by atoms with Gasteiger partial charge in [-0.2, -0.15) is 0 Å². The number of hydrogen-bond donors (Lipinski definition) is 1. The Balaban J connectivity index is 1.46. The van der Waals surface area contributed by atoms with Crippen molar-refractivity contribution >= 4 is 23.5 Å². The highest BCUT2D eigenvalue weighted by Gasteiger charge is 2.35. The van der Waals surface area contributed by atoms with Crippen molar-refractivity contribution in [2.24, 2.45) is 5.92 Å². The summed E-state index contributed by atoms with van der Waals surface area (Å²) in [5.41, 5.74) is 1.39. The van der Waals surface area contributed by atoms with Crippen molar-refractivity contribution in [1.29, 1.82) is 0 Å². The number of benzene rings is 2. The van der Waals surface area contributed by atoms with Gasteiger partial charge in [-0.15, -0.1) is 0 Å². The van der Waals surface area contributed by atoms with E-state index in [0.29, 0.717) is 12.2 Å².